The number of rotatable bonds is 2. The van der Waals surface area contributed by atoms with Crippen LogP contribution in [0.1, 0.15) is 34.6 Å². The van der Waals surface area contributed by atoms with Crippen molar-refractivity contribution in [1.82, 2.24) is 0 Å². The molecule has 1 atom stereocenters. The van der Waals surface area contributed by atoms with Crippen molar-refractivity contribution in [3.8, 4) is 0 Å². The van der Waals surface area contributed by atoms with E-state index < -0.39 is 0 Å². The fourth-order valence-electron chi connectivity index (χ4n) is 2.87. The molecule has 0 radical (unpaired) electrons. The number of nitrogens with zero attached hydrogens (tertiary/aromatic N) is 1. The van der Waals surface area contributed by atoms with Gasteiger partial charge in [-0.2, -0.15) is 0 Å². The zero-order valence-corrected chi connectivity index (χ0v) is 11.6. The van der Waals surface area contributed by atoms with Crippen LogP contribution < -0.4 is 0 Å². The van der Waals surface area contributed by atoms with Crippen LogP contribution in [0.25, 0.3) is 0 Å². The molecule has 1 nitrogen and oxygen atoms in total. The molecule has 2 aromatic rings. The van der Waals surface area contributed by atoms with Crippen LogP contribution in [0.5, 0.6) is 0 Å². The van der Waals surface area contributed by atoms with Gasteiger partial charge in [-0.15, -0.1) is 0 Å². The Morgan fingerprint density at radius 2 is 1.68 bits per heavy atom. The van der Waals surface area contributed by atoms with Crippen LogP contribution in [0.2, 0.25) is 0 Å². The van der Waals surface area contributed by atoms with Gasteiger partial charge in [0.25, 0.3) is 0 Å². The number of hydrogen-bond donors (Lipinski definition) is 0. The zero-order chi connectivity index (χ0) is 13.2. The Hall–Kier alpha value is -1.89. The van der Waals surface area contributed by atoms with Crippen molar-refractivity contribution in [2.24, 2.45) is 4.99 Å². The van der Waals surface area contributed by atoms with Gasteiger partial charge in [0.05, 0.1) is 0 Å². The van der Waals surface area contributed by atoms with Crippen LogP contribution in [0.4, 0.5) is 0 Å². The van der Waals surface area contributed by atoms with Crippen molar-refractivity contribution in [3.63, 3.8) is 0 Å². The Morgan fingerprint density at radius 1 is 0.947 bits per heavy atom. The summed E-state index contributed by atoms with van der Waals surface area (Å²) in [7, 11) is 0. The lowest BCUT2D eigenvalue weighted by Crippen LogP contribution is -2.10. The summed E-state index contributed by atoms with van der Waals surface area (Å²) in [5, 5.41) is 0. The van der Waals surface area contributed by atoms with Gasteiger partial charge in [-0.05, 0) is 31.4 Å². The highest BCUT2D eigenvalue weighted by Crippen LogP contribution is 2.30. The van der Waals surface area contributed by atoms with Gasteiger partial charge in [0, 0.05) is 18.2 Å². The lowest BCUT2D eigenvalue weighted by molar-refractivity contribution is 0.841. The van der Waals surface area contributed by atoms with Gasteiger partial charge in [-0.1, -0.05) is 59.7 Å². The molecule has 96 valence electrons. The molecule has 19 heavy (non-hydrogen) atoms. The number of hydrogen-bond acceptors (Lipinski definition) is 1. The third-order valence-corrected chi connectivity index (χ3v) is 3.79. The van der Waals surface area contributed by atoms with E-state index in [9.17, 15) is 0 Å². The standard InChI is InChI=1S/C18H19N/c1-13-5-3-7-15(11-13)17-9-10-19-18(17)16-8-4-6-14(2)12-16/h3-8,11-12,17H,9-10H2,1-2H3. The van der Waals surface area contributed by atoms with E-state index in [-0.39, 0.29) is 0 Å². The molecule has 0 saturated carbocycles. The Kier molecular flexibility index (Phi) is 3.20. The molecule has 2 aromatic carbocycles. The van der Waals surface area contributed by atoms with E-state index in [1.54, 1.807) is 0 Å². The molecule has 0 amide bonds. The first-order valence-electron chi connectivity index (χ1n) is 6.92. The van der Waals surface area contributed by atoms with Crippen molar-refractivity contribution in [2.75, 3.05) is 6.54 Å². The van der Waals surface area contributed by atoms with Crippen LogP contribution in [-0.2, 0) is 0 Å². The summed E-state index contributed by atoms with van der Waals surface area (Å²) in [5.74, 6) is 0.460. The predicted octanol–water partition coefficient (Wildman–Crippen LogP) is 4.28. The molecule has 0 aliphatic carbocycles. The molecule has 0 saturated heterocycles. The molecule has 1 aliphatic rings. The summed E-state index contributed by atoms with van der Waals surface area (Å²) >= 11 is 0. The average Bonchev–Trinajstić information content (AvgIpc) is 2.88. The second kappa shape index (κ2) is 5.00. The topological polar surface area (TPSA) is 12.4 Å². The molecule has 0 spiro atoms. The Balaban J connectivity index is 1.98. The summed E-state index contributed by atoms with van der Waals surface area (Å²) in [5.41, 5.74) is 6.57. The highest BCUT2D eigenvalue weighted by Gasteiger charge is 2.24. The Morgan fingerprint density at radius 3 is 2.42 bits per heavy atom. The van der Waals surface area contributed by atoms with Crippen molar-refractivity contribution in [2.45, 2.75) is 26.2 Å². The second-order valence-corrected chi connectivity index (χ2v) is 5.39. The zero-order valence-electron chi connectivity index (χ0n) is 11.6. The van der Waals surface area contributed by atoms with Crippen LogP contribution in [0.3, 0.4) is 0 Å². The molecule has 0 fully saturated rings. The van der Waals surface area contributed by atoms with E-state index in [0.717, 1.165) is 13.0 Å². The van der Waals surface area contributed by atoms with Crippen molar-refractivity contribution < 1.29 is 0 Å². The Labute approximate surface area is 115 Å². The molecule has 1 aliphatic heterocycles. The van der Waals surface area contributed by atoms with Crippen LogP contribution in [-0.4, -0.2) is 12.3 Å². The minimum absolute atomic E-state index is 0.460. The van der Waals surface area contributed by atoms with Crippen LogP contribution in [0.15, 0.2) is 53.5 Å². The summed E-state index contributed by atoms with van der Waals surface area (Å²) < 4.78 is 0. The second-order valence-electron chi connectivity index (χ2n) is 5.39. The summed E-state index contributed by atoms with van der Waals surface area (Å²) in [4.78, 5) is 4.75. The van der Waals surface area contributed by atoms with E-state index in [0.29, 0.717) is 5.92 Å². The first kappa shape index (κ1) is 12.2. The molecule has 1 heteroatoms. The maximum absolute atomic E-state index is 4.75. The number of benzene rings is 2. The maximum Gasteiger partial charge on any atom is 0.0496 e. The highest BCUT2D eigenvalue weighted by molar-refractivity contribution is 6.06. The minimum Gasteiger partial charge on any atom is -0.288 e. The maximum atomic E-state index is 4.75. The fraction of sp³-hybridized carbons (Fsp3) is 0.278. The van der Waals surface area contributed by atoms with Gasteiger partial charge < -0.3 is 0 Å². The normalized spacial score (nSPS) is 18.4. The highest BCUT2D eigenvalue weighted by atomic mass is 14.8. The molecule has 0 aromatic heterocycles. The number of aryl methyl sites for hydroxylation is 2. The van der Waals surface area contributed by atoms with Crippen molar-refractivity contribution in [3.05, 3.63) is 70.8 Å². The van der Waals surface area contributed by atoms with Gasteiger partial charge >= 0.3 is 0 Å². The molecular formula is C18H19N. The van der Waals surface area contributed by atoms with E-state index in [4.69, 9.17) is 4.99 Å². The van der Waals surface area contributed by atoms with E-state index in [1.807, 2.05) is 0 Å². The number of aliphatic imine (C=N–C) groups is 1. The van der Waals surface area contributed by atoms with Crippen molar-refractivity contribution in [1.29, 1.82) is 0 Å². The van der Waals surface area contributed by atoms with E-state index >= 15 is 0 Å². The van der Waals surface area contributed by atoms with Crippen LogP contribution >= 0.6 is 0 Å². The van der Waals surface area contributed by atoms with E-state index in [2.05, 4.69) is 62.4 Å². The smallest absolute Gasteiger partial charge is 0.0496 e. The van der Waals surface area contributed by atoms with Crippen LogP contribution in [0, 0.1) is 13.8 Å². The van der Waals surface area contributed by atoms with Gasteiger partial charge in [0.1, 0.15) is 0 Å². The summed E-state index contributed by atoms with van der Waals surface area (Å²) in [6.07, 6.45) is 1.13. The van der Waals surface area contributed by atoms with Gasteiger partial charge in [0.15, 0.2) is 0 Å². The predicted molar refractivity (Wildman–Crippen MR) is 81.1 cm³/mol. The average molecular weight is 249 g/mol. The third-order valence-electron chi connectivity index (χ3n) is 3.79. The largest absolute Gasteiger partial charge is 0.288 e. The molecule has 0 N–H and O–H groups in total. The van der Waals surface area contributed by atoms with Gasteiger partial charge in [0.2, 0.25) is 0 Å². The first-order valence-corrected chi connectivity index (χ1v) is 6.92. The quantitative estimate of drug-likeness (QED) is 0.753. The molecule has 0 bridgehead atoms. The summed E-state index contributed by atoms with van der Waals surface area (Å²) in [6.45, 7) is 5.24. The monoisotopic (exact) mass is 249 g/mol. The summed E-state index contributed by atoms with van der Waals surface area (Å²) in [6, 6.07) is 17.5. The van der Waals surface area contributed by atoms with Gasteiger partial charge in [-0.25, -0.2) is 0 Å². The fourth-order valence-corrected chi connectivity index (χ4v) is 2.87. The third kappa shape index (κ3) is 2.46. The first-order chi connectivity index (χ1) is 9.24. The molecular weight excluding hydrogens is 230 g/mol. The van der Waals surface area contributed by atoms with Gasteiger partial charge in [-0.3, -0.25) is 4.99 Å². The lowest BCUT2D eigenvalue weighted by Gasteiger charge is -2.15. The Bertz CT molecular complexity index is 625. The van der Waals surface area contributed by atoms with Crippen molar-refractivity contribution >= 4 is 5.71 Å². The SMILES string of the molecule is Cc1cccc(C2=NCCC2c2cccc(C)c2)c1. The molecule has 1 heterocycles. The lowest BCUT2D eigenvalue weighted by atomic mass is 9.88. The molecule has 3 rings (SSSR count). The molecule has 1 unspecified atom stereocenters. The van der Waals surface area contributed by atoms with E-state index in [1.165, 1.54) is 28.0 Å². The minimum atomic E-state index is 0.460.